The molecule has 0 bridgehead atoms. The van der Waals surface area contributed by atoms with Crippen molar-refractivity contribution in [2.24, 2.45) is 5.73 Å². The third-order valence-corrected chi connectivity index (χ3v) is 5.50. The van der Waals surface area contributed by atoms with E-state index in [1.165, 1.54) is 90.0 Å². The maximum absolute atomic E-state index is 6.26. The summed E-state index contributed by atoms with van der Waals surface area (Å²) < 4.78 is 0. The third-order valence-electron chi connectivity index (χ3n) is 5.50. The summed E-state index contributed by atoms with van der Waals surface area (Å²) in [6.45, 7) is 3.51. The van der Waals surface area contributed by atoms with Gasteiger partial charge in [-0.05, 0) is 38.5 Å². The van der Waals surface area contributed by atoms with Crippen LogP contribution in [0.1, 0.15) is 90.4 Å². The quantitative estimate of drug-likeness (QED) is 0.745. The van der Waals surface area contributed by atoms with E-state index in [1.807, 2.05) is 0 Å². The van der Waals surface area contributed by atoms with E-state index in [4.69, 9.17) is 5.73 Å². The molecular weight excluding hydrogens is 244 g/mol. The Morgan fingerprint density at radius 1 is 0.850 bits per heavy atom. The molecule has 0 heterocycles. The molecule has 0 spiro atoms. The largest absolute Gasteiger partial charge is 0.328 e. The van der Waals surface area contributed by atoms with Crippen molar-refractivity contribution in [2.45, 2.75) is 109 Å². The van der Waals surface area contributed by atoms with Crippen LogP contribution in [-0.2, 0) is 0 Å². The Morgan fingerprint density at radius 3 is 1.80 bits per heavy atom. The van der Waals surface area contributed by atoms with Crippen molar-refractivity contribution in [2.75, 3.05) is 6.54 Å². The fraction of sp³-hybridized carbons (Fsp3) is 1.00. The smallest absolute Gasteiger partial charge is 0.00982 e. The second kappa shape index (κ2) is 9.04. The Labute approximate surface area is 126 Å². The Bertz CT molecular complexity index is 224. The molecule has 0 aliphatic heterocycles. The number of hydrogen-bond acceptors (Lipinski definition) is 2. The van der Waals surface area contributed by atoms with E-state index in [-0.39, 0.29) is 0 Å². The Kier molecular flexibility index (Phi) is 7.37. The van der Waals surface area contributed by atoms with Gasteiger partial charge in [-0.2, -0.15) is 0 Å². The third kappa shape index (κ3) is 5.04. The lowest BCUT2D eigenvalue weighted by Gasteiger charge is -2.42. The zero-order chi connectivity index (χ0) is 14.2. The Balaban J connectivity index is 1.88. The van der Waals surface area contributed by atoms with Crippen molar-refractivity contribution in [3.05, 3.63) is 0 Å². The Morgan fingerprint density at radius 2 is 1.35 bits per heavy atom. The second-order valence-electron chi connectivity index (χ2n) is 7.16. The van der Waals surface area contributed by atoms with Crippen LogP contribution in [0.15, 0.2) is 0 Å². The van der Waals surface area contributed by atoms with Gasteiger partial charge in [-0.1, -0.05) is 51.9 Å². The van der Waals surface area contributed by atoms with Gasteiger partial charge in [0.25, 0.3) is 0 Å². The molecule has 0 saturated heterocycles. The van der Waals surface area contributed by atoms with E-state index in [1.54, 1.807) is 0 Å². The normalized spacial score (nSPS) is 24.1. The molecule has 118 valence electrons. The topological polar surface area (TPSA) is 29.3 Å². The molecule has 0 aromatic rings. The van der Waals surface area contributed by atoms with Gasteiger partial charge in [-0.3, -0.25) is 4.90 Å². The van der Waals surface area contributed by atoms with Gasteiger partial charge in [0.15, 0.2) is 0 Å². The minimum atomic E-state index is 0.426. The van der Waals surface area contributed by atoms with Gasteiger partial charge in [0.2, 0.25) is 0 Å². The van der Waals surface area contributed by atoms with Gasteiger partial charge < -0.3 is 5.73 Å². The predicted molar refractivity (Wildman–Crippen MR) is 88.0 cm³/mol. The summed E-state index contributed by atoms with van der Waals surface area (Å²) in [5, 5.41) is 0. The Hall–Kier alpha value is -0.0800. The summed E-state index contributed by atoms with van der Waals surface area (Å²) in [6, 6.07) is 2.18. The van der Waals surface area contributed by atoms with E-state index in [0.29, 0.717) is 6.04 Å². The first-order valence-electron chi connectivity index (χ1n) is 9.32. The highest BCUT2D eigenvalue weighted by molar-refractivity contribution is 4.84. The van der Waals surface area contributed by atoms with E-state index in [2.05, 4.69) is 11.8 Å². The highest BCUT2D eigenvalue weighted by Gasteiger charge is 2.28. The first-order chi connectivity index (χ1) is 9.81. The standard InChI is InChI=1S/C18H36N2/c1-2-9-16(19)14-15-20(17-10-5-3-6-11-17)18-12-7-4-8-13-18/h16-18H,2-15,19H2,1H3. The first kappa shape index (κ1) is 16.3. The highest BCUT2D eigenvalue weighted by atomic mass is 15.2. The average Bonchev–Trinajstić information content (AvgIpc) is 2.50. The van der Waals surface area contributed by atoms with Gasteiger partial charge >= 0.3 is 0 Å². The molecule has 1 unspecified atom stereocenters. The van der Waals surface area contributed by atoms with Crippen LogP contribution < -0.4 is 5.73 Å². The van der Waals surface area contributed by atoms with Crippen molar-refractivity contribution in [1.82, 2.24) is 4.90 Å². The fourth-order valence-corrected chi connectivity index (χ4v) is 4.32. The maximum atomic E-state index is 6.26. The number of nitrogens with zero attached hydrogens (tertiary/aromatic N) is 1. The molecule has 2 N–H and O–H groups in total. The van der Waals surface area contributed by atoms with E-state index >= 15 is 0 Å². The molecule has 2 rings (SSSR count). The number of rotatable bonds is 7. The van der Waals surface area contributed by atoms with Crippen LogP contribution in [0.25, 0.3) is 0 Å². The summed E-state index contributed by atoms with van der Waals surface area (Å²) in [6.07, 6.45) is 18.2. The van der Waals surface area contributed by atoms with Crippen LogP contribution in [0, 0.1) is 0 Å². The summed E-state index contributed by atoms with van der Waals surface area (Å²) in [4.78, 5) is 2.90. The summed E-state index contributed by atoms with van der Waals surface area (Å²) >= 11 is 0. The predicted octanol–water partition coefficient (Wildman–Crippen LogP) is 4.47. The first-order valence-corrected chi connectivity index (χ1v) is 9.32. The molecule has 0 radical (unpaired) electrons. The maximum Gasteiger partial charge on any atom is 0.00982 e. The zero-order valence-corrected chi connectivity index (χ0v) is 13.7. The lowest BCUT2D eigenvalue weighted by atomic mass is 9.88. The molecule has 2 saturated carbocycles. The second-order valence-corrected chi connectivity index (χ2v) is 7.16. The lowest BCUT2D eigenvalue weighted by molar-refractivity contribution is 0.0773. The monoisotopic (exact) mass is 280 g/mol. The van der Waals surface area contributed by atoms with Crippen molar-refractivity contribution in [1.29, 1.82) is 0 Å². The van der Waals surface area contributed by atoms with Crippen molar-refractivity contribution in [3.8, 4) is 0 Å². The van der Waals surface area contributed by atoms with Crippen LogP contribution in [0.4, 0.5) is 0 Å². The van der Waals surface area contributed by atoms with Crippen molar-refractivity contribution in [3.63, 3.8) is 0 Å². The van der Waals surface area contributed by atoms with Gasteiger partial charge in [0.1, 0.15) is 0 Å². The van der Waals surface area contributed by atoms with Gasteiger partial charge in [-0.15, -0.1) is 0 Å². The average molecular weight is 280 g/mol. The molecule has 2 fully saturated rings. The van der Waals surface area contributed by atoms with E-state index in [9.17, 15) is 0 Å². The van der Waals surface area contributed by atoms with Crippen molar-refractivity contribution >= 4 is 0 Å². The van der Waals surface area contributed by atoms with Crippen molar-refractivity contribution < 1.29 is 0 Å². The summed E-state index contributed by atoms with van der Waals surface area (Å²) in [5.41, 5.74) is 6.26. The molecule has 20 heavy (non-hydrogen) atoms. The minimum absolute atomic E-state index is 0.426. The zero-order valence-electron chi connectivity index (χ0n) is 13.7. The molecule has 2 nitrogen and oxygen atoms in total. The van der Waals surface area contributed by atoms with Crippen LogP contribution in [-0.4, -0.2) is 29.6 Å². The lowest BCUT2D eigenvalue weighted by Crippen LogP contribution is -2.46. The summed E-state index contributed by atoms with van der Waals surface area (Å²) in [5.74, 6) is 0. The minimum Gasteiger partial charge on any atom is -0.328 e. The van der Waals surface area contributed by atoms with E-state index < -0.39 is 0 Å². The molecule has 2 aliphatic carbocycles. The molecule has 0 aromatic heterocycles. The SMILES string of the molecule is CCCC(N)CCN(C1CCCCC1)C1CCCCC1. The number of hydrogen-bond donors (Lipinski definition) is 1. The van der Waals surface area contributed by atoms with Crippen LogP contribution in [0.5, 0.6) is 0 Å². The molecular formula is C18H36N2. The van der Waals surface area contributed by atoms with Gasteiger partial charge in [-0.25, -0.2) is 0 Å². The fourth-order valence-electron chi connectivity index (χ4n) is 4.32. The molecule has 2 heteroatoms. The van der Waals surface area contributed by atoms with Crippen LogP contribution >= 0.6 is 0 Å². The molecule has 2 aliphatic rings. The van der Waals surface area contributed by atoms with Crippen LogP contribution in [0.2, 0.25) is 0 Å². The van der Waals surface area contributed by atoms with Crippen LogP contribution in [0.3, 0.4) is 0 Å². The molecule has 0 amide bonds. The number of nitrogens with two attached hydrogens (primary N) is 1. The molecule has 1 atom stereocenters. The van der Waals surface area contributed by atoms with E-state index in [0.717, 1.165) is 12.1 Å². The van der Waals surface area contributed by atoms with Gasteiger partial charge in [0, 0.05) is 24.7 Å². The highest BCUT2D eigenvalue weighted by Crippen LogP contribution is 2.30. The molecule has 0 aromatic carbocycles. The summed E-state index contributed by atoms with van der Waals surface area (Å²) in [7, 11) is 0. The van der Waals surface area contributed by atoms with Gasteiger partial charge in [0.05, 0.1) is 0 Å².